The van der Waals surface area contributed by atoms with Gasteiger partial charge in [0, 0.05) is 32.1 Å². The van der Waals surface area contributed by atoms with Crippen LogP contribution in [0.1, 0.15) is 5.56 Å². The van der Waals surface area contributed by atoms with Gasteiger partial charge in [0.1, 0.15) is 5.75 Å². The van der Waals surface area contributed by atoms with Crippen molar-refractivity contribution in [3.63, 3.8) is 0 Å². The Kier molecular flexibility index (Phi) is 5.02. The predicted molar refractivity (Wildman–Crippen MR) is 37.7 cm³/mol. The normalized spacial score (nSPS) is 8.50. The fraction of sp³-hybridized carbons (Fsp3) is 0.143. The van der Waals surface area contributed by atoms with Gasteiger partial charge in [-0.25, -0.2) is 0 Å². The van der Waals surface area contributed by atoms with Crippen molar-refractivity contribution in [1.82, 2.24) is 0 Å². The maximum Gasteiger partial charge on any atom is 0.115 e. The number of phenolic OH excluding ortho intramolecular Hbond substituents is 1. The van der Waals surface area contributed by atoms with Gasteiger partial charge >= 0.3 is 0 Å². The Balaban J connectivity index is 0.000000810. The van der Waals surface area contributed by atoms with Gasteiger partial charge in [-0.2, -0.15) is 0 Å². The summed E-state index contributed by atoms with van der Waals surface area (Å²) in [6.45, 7) is 0. The van der Waals surface area contributed by atoms with Gasteiger partial charge in [-0.3, -0.25) is 0 Å². The van der Waals surface area contributed by atoms with E-state index in [0.717, 1.165) is 5.56 Å². The molecule has 0 amide bonds. The first-order valence-corrected chi connectivity index (χ1v) is 3.20. The van der Waals surface area contributed by atoms with Crippen molar-refractivity contribution in [2.24, 2.45) is 0 Å². The molecule has 3 heteroatoms. The Hall–Kier alpha value is 0.193. The third kappa shape index (κ3) is 2.85. The quantitative estimate of drug-likeness (QED) is 0.737. The van der Waals surface area contributed by atoms with E-state index in [1.54, 1.807) is 24.3 Å². The average Bonchev–Trinajstić information content (AvgIpc) is 1.90. The number of hydrogen-bond donors (Lipinski definition) is 1. The van der Waals surface area contributed by atoms with E-state index in [4.69, 9.17) is 16.7 Å². The topological polar surface area (TPSA) is 20.2 Å². The van der Waals surface area contributed by atoms with Crippen molar-refractivity contribution in [2.75, 3.05) is 0 Å². The maximum absolute atomic E-state index is 8.81. The van der Waals surface area contributed by atoms with Crippen molar-refractivity contribution in [1.29, 1.82) is 0 Å². The van der Waals surface area contributed by atoms with E-state index in [1.165, 1.54) is 0 Å². The zero-order chi connectivity index (χ0) is 6.69. The minimum absolute atomic E-state index is 0. The molecule has 1 aromatic rings. The summed E-state index contributed by atoms with van der Waals surface area (Å²) < 4.78 is 0. The van der Waals surface area contributed by atoms with E-state index in [2.05, 4.69) is 0 Å². The summed E-state index contributed by atoms with van der Waals surface area (Å²) in [5.74, 6) is 0.782. The molecule has 0 unspecified atom stereocenters. The minimum atomic E-state index is 0. The van der Waals surface area contributed by atoms with Gasteiger partial charge < -0.3 is 5.11 Å². The van der Waals surface area contributed by atoms with Crippen molar-refractivity contribution in [3.05, 3.63) is 29.8 Å². The van der Waals surface area contributed by atoms with Crippen LogP contribution in [-0.4, -0.2) is 5.11 Å². The molecule has 0 saturated heterocycles. The molecule has 1 aromatic carbocycles. The van der Waals surface area contributed by atoms with Crippen LogP contribution in [0.25, 0.3) is 0 Å². The monoisotopic (exact) mass is 232 g/mol. The molecule has 10 heavy (non-hydrogen) atoms. The molecular formula is C7H7ClOZr. The van der Waals surface area contributed by atoms with E-state index in [-0.39, 0.29) is 32.0 Å². The molecule has 0 aliphatic heterocycles. The molecule has 0 radical (unpaired) electrons. The van der Waals surface area contributed by atoms with Gasteiger partial charge in [-0.15, -0.1) is 11.6 Å². The van der Waals surface area contributed by atoms with Gasteiger partial charge in [0.25, 0.3) is 0 Å². The molecule has 1 N–H and O–H groups in total. The van der Waals surface area contributed by atoms with Gasteiger partial charge in [-0.1, -0.05) is 12.1 Å². The van der Waals surface area contributed by atoms with Crippen LogP contribution in [0.3, 0.4) is 0 Å². The Morgan fingerprint density at radius 2 is 1.70 bits per heavy atom. The summed E-state index contributed by atoms with van der Waals surface area (Å²) in [6, 6.07) is 6.83. The molecular weight excluding hydrogens is 227 g/mol. The van der Waals surface area contributed by atoms with Crippen LogP contribution in [0, 0.1) is 0 Å². The van der Waals surface area contributed by atoms with E-state index < -0.39 is 0 Å². The van der Waals surface area contributed by atoms with Crippen LogP contribution in [0.5, 0.6) is 5.75 Å². The molecule has 1 nitrogen and oxygen atoms in total. The fourth-order valence-electron chi connectivity index (χ4n) is 0.585. The molecule has 0 bridgehead atoms. The standard InChI is InChI=1S/C7H7ClO.Zr/c8-5-6-1-3-7(9)4-2-6;/h1-4,9H,5H2;. The van der Waals surface area contributed by atoms with E-state index in [0.29, 0.717) is 5.88 Å². The largest absolute Gasteiger partial charge is 0.508 e. The van der Waals surface area contributed by atoms with Crippen LogP contribution < -0.4 is 0 Å². The van der Waals surface area contributed by atoms with E-state index in [1.807, 2.05) is 0 Å². The molecule has 0 aliphatic carbocycles. The van der Waals surface area contributed by atoms with E-state index >= 15 is 0 Å². The summed E-state index contributed by atoms with van der Waals surface area (Å²) in [5.41, 5.74) is 1.02. The smallest absolute Gasteiger partial charge is 0.115 e. The number of benzene rings is 1. The van der Waals surface area contributed by atoms with Gasteiger partial charge in [0.15, 0.2) is 0 Å². The maximum atomic E-state index is 8.81. The average molecular weight is 234 g/mol. The molecule has 0 fully saturated rings. The summed E-state index contributed by atoms with van der Waals surface area (Å²) in [6.07, 6.45) is 0. The summed E-state index contributed by atoms with van der Waals surface area (Å²) >= 11 is 5.50. The number of hydrogen-bond acceptors (Lipinski definition) is 1. The van der Waals surface area contributed by atoms with Crippen LogP contribution in [-0.2, 0) is 32.1 Å². The fourth-order valence-corrected chi connectivity index (χ4v) is 0.763. The first kappa shape index (κ1) is 10.2. The molecule has 0 atom stereocenters. The van der Waals surface area contributed by atoms with Gasteiger partial charge in [0.05, 0.1) is 0 Å². The molecule has 0 aliphatic rings. The van der Waals surface area contributed by atoms with Crippen LogP contribution in [0.15, 0.2) is 24.3 Å². The third-order valence-corrected chi connectivity index (χ3v) is 1.40. The second-order valence-corrected chi connectivity index (χ2v) is 2.07. The predicted octanol–water partition coefficient (Wildman–Crippen LogP) is 2.13. The van der Waals surface area contributed by atoms with Crippen LogP contribution in [0.2, 0.25) is 0 Å². The zero-order valence-electron chi connectivity index (χ0n) is 5.34. The number of alkyl halides is 1. The number of phenols is 1. The van der Waals surface area contributed by atoms with Gasteiger partial charge in [0.2, 0.25) is 0 Å². The summed E-state index contributed by atoms with van der Waals surface area (Å²) in [5, 5.41) is 8.81. The Morgan fingerprint density at radius 3 is 2.10 bits per heavy atom. The number of halogens is 1. The van der Waals surface area contributed by atoms with Crippen LogP contribution >= 0.6 is 11.6 Å². The SMILES string of the molecule is Oc1ccc(CCl)cc1.[Zr]. The second kappa shape index (κ2) is 4.93. The molecule has 0 heterocycles. The first-order chi connectivity index (χ1) is 4.33. The van der Waals surface area contributed by atoms with Crippen molar-refractivity contribution < 1.29 is 31.3 Å². The molecule has 52 valence electrons. The first-order valence-electron chi connectivity index (χ1n) is 2.67. The van der Waals surface area contributed by atoms with Crippen molar-refractivity contribution >= 4 is 11.6 Å². The van der Waals surface area contributed by atoms with Crippen molar-refractivity contribution in [2.45, 2.75) is 5.88 Å². The van der Waals surface area contributed by atoms with Crippen LogP contribution in [0.4, 0.5) is 0 Å². The second-order valence-electron chi connectivity index (χ2n) is 1.80. The molecule has 0 aromatic heterocycles. The summed E-state index contributed by atoms with van der Waals surface area (Å²) in [7, 11) is 0. The summed E-state index contributed by atoms with van der Waals surface area (Å²) in [4.78, 5) is 0. The molecule has 0 saturated carbocycles. The Bertz CT molecular complexity index is 185. The third-order valence-electron chi connectivity index (χ3n) is 1.09. The number of aromatic hydroxyl groups is 1. The Morgan fingerprint density at radius 1 is 1.20 bits per heavy atom. The van der Waals surface area contributed by atoms with Gasteiger partial charge in [-0.05, 0) is 17.7 Å². The zero-order valence-corrected chi connectivity index (χ0v) is 8.56. The van der Waals surface area contributed by atoms with Crippen molar-refractivity contribution in [3.8, 4) is 5.75 Å². The number of rotatable bonds is 1. The molecule has 0 spiro atoms. The minimum Gasteiger partial charge on any atom is -0.508 e. The molecule has 1 rings (SSSR count). The Labute approximate surface area is 84.1 Å². The van der Waals surface area contributed by atoms with E-state index in [9.17, 15) is 0 Å².